The molecular formula is C16H25N5. The normalized spacial score (nSPS) is 14.6. The maximum absolute atomic E-state index is 6.17. The number of hydrogen-bond donors (Lipinski definition) is 2. The van der Waals surface area contributed by atoms with Gasteiger partial charge in [-0.1, -0.05) is 0 Å². The van der Waals surface area contributed by atoms with Crippen LogP contribution in [0.15, 0.2) is 0 Å². The highest BCUT2D eigenvalue weighted by molar-refractivity contribution is 5.93. The molecule has 0 saturated carbocycles. The van der Waals surface area contributed by atoms with Crippen molar-refractivity contribution in [1.82, 2.24) is 14.8 Å². The van der Waals surface area contributed by atoms with Gasteiger partial charge in [0.15, 0.2) is 5.82 Å². The molecule has 0 unspecified atom stereocenters. The van der Waals surface area contributed by atoms with Crippen LogP contribution in [0.3, 0.4) is 0 Å². The minimum absolute atomic E-state index is 0.595. The fourth-order valence-corrected chi connectivity index (χ4v) is 3.43. The van der Waals surface area contributed by atoms with Gasteiger partial charge in [-0.15, -0.1) is 0 Å². The summed E-state index contributed by atoms with van der Waals surface area (Å²) in [5.74, 6) is 0.595. The summed E-state index contributed by atoms with van der Waals surface area (Å²) in [4.78, 5) is 4.61. The second-order valence-corrected chi connectivity index (χ2v) is 5.86. The molecule has 2 heterocycles. The van der Waals surface area contributed by atoms with Gasteiger partial charge in [-0.25, -0.2) is 4.98 Å². The molecule has 2 aromatic heterocycles. The van der Waals surface area contributed by atoms with E-state index < -0.39 is 0 Å². The summed E-state index contributed by atoms with van der Waals surface area (Å²) in [5, 5.41) is 6.00. The van der Waals surface area contributed by atoms with Gasteiger partial charge in [0.25, 0.3) is 0 Å². The molecule has 3 rings (SSSR count). The minimum Gasteiger partial charge on any atom is -0.382 e. The Morgan fingerprint density at radius 2 is 2.00 bits per heavy atom. The van der Waals surface area contributed by atoms with E-state index in [9.17, 15) is 0 Å². The summed E-state index contributed by atoms with van der Waals surface area (Å²) in [6.07, 6.45) is 7.81. The van der Waals surface area contributed by atoms with Crippen LogP contribution in [0.2, 0.25) is 0 Å². The van der Waals surface area contributed by atoms with Crippen molar-refractivity contribution < 1.29 is 0 Å². The maximum atomic E-state index is 6.17. The molecule has 4 N–H and O–H groups in total. The number of hydrogen-bond acceptors (Lipinski definition) is 4. The average molecular weight is 287 g/mol. The maximum Gasteiger partial charge on any atom is 0.152 e. The molecule has 0 atom stereocenters. The summed E-state index contributed by atoms with van der Waals surface area (Å²) in [7, 11) is 0. The van der Waals surface area contributed by atoms with E-state index in [4.69, 9.17) is 16.6 Å². The number of aryl methyl sites for hydroxylation is 4. The zero-order valence-electron chi connectivity index (χ0n) is 12.9. The van der Waals surface area contributed by atoms with Gasteiger partial charge in [0.2, 0.25) is 0 Å². The molecule has 1 aliphatic rings. The van der Waals surface area contributed by atoms with Crippen LogP contribution in [-0.4, -0.2) is 21.3 Å². The van der Waals surface area contributed by atoms with Gasteiger partial charge in [-0.2, -0.15) is 5.10 Å². The number of anilines is 1. The molecule has 0 bridgehead atoms. The molecule has 5 nitrogen and oxygen atoms in total. The predicted octanol–water partition coefficient (Wildman–Crippen LogP) is 2.19. The molecule has 0 fully saturated rings. The molecule has 2 aromatic rings. The van der Waals surface area contributed by atoms with E-state index in [0.29, 0.717) is 5.82 Å². The van der Waals surface area contributed by atoms with E-state index in [2.05, 4.69) is 16.6 Å². The van der Waals surface area contributed by atoms with E-state index in [1.54, 1.807) is 0 Å². The SMILES string of the molecule is CCn1nc2c(N)nc3c(c2c1CCCCN)CCCC3. The van der Waals surface area contributed by atoms with Gasteiger partial charge < -0.3 is 11.5 Å². The van der Waals surface area contributed by atoms with Crippen LogP contribution in [0.1, 0.15) is 49.6 Å². The number of rotatable bonds is 5. The summed E-state index contributed by atoms with van der Waals surface area (Å²) in [6.45, 7) is 3.76. The molecule has 5 heteroatoms. The van der Waals surface area contributed by atoms with Crippen LogP contribution in [0.5, 0.6) is 0 Å². The number of unbranched alkanes of at least 4 members (excludes halogenated alkanes) is 1. The van der Waals surface area contributed by atoms with Crippen LogP contribution in [0.25, 0.3) is 10.9 Å². The third-order valence-corrected chi connectivity index (χ3v) is 4.46. The first-order chi connectivity index (χ1) is 10.3. The Balaban J connectivity index is 2.15. The van der Waals surface area contributed by atoms with Gasteiger partial charge in [0.1, 0.15) is 5.52 Å². The summed E-state index contributed by atoms with van der Waals surface area (Å²) in [5.41, 5.74) is 16.6. The fraction of sp³-hybridized carbons (Fsp3) is 0.625. The van der Waals surface area contributed by atoms with E-state index in [1.807, 2.05) is 0 Å². The number of pyridine rings is 1. The molecule has 0 amide bonds. The van der Waals surface area contributed by atoms with Crippen molar-refractivity contribution in [2.75, 3.05) is 12.3 Å². The first-order valence-electron chi connectivity index (χ1n) is 8.13. The van der Waals surface area contributed by atoms with Crippen molar-refractivity contribution in [2.24, 2.45) is 5.73 Å². The third-order valence-electron chi connectivity index (χ3n) is 4.46. The lowest BCUT2D eigenvalue weighted by Crippen LogP contribution is -2.09. The highest BCUT2D eigenvalue weighted by Crippen LogP contribution is 2.33. The summed E-state index contributed by atoms with van der Waals surface area (Å²) < 4.78 is 2.11. The Morgan fingerprint density at radius 1 is 1.19 bits per heavy atom. The minimum atomic E-state index is 0.595. The Kier molecular flexibility index (Phi) is 4.10. The first-order valence-corrected chi connectivity index (χ1v) is 8.13. The highest BCUT2D eigenvalue weighted by atomic mass is 15.3. The van der Waals surface area contributed by atoms with E-state index in [0.717, 1.165) is 50.7 Å². The molecule has 0 radical (unpaired) electrons. The molecular weight excluding hydrogens is 262 g/mol. The van der Waals surface area contributed by atoms with Gasteiger partial charge in [0.05, 0.1) is 0 Å². The Hall–Kier alpha value is -1.62. The highest BCUT2D eigenvalue weighted by Gasteiger charge is 2.22. The predicted molar refractivity (Wildman–Crippen MR) is 86.2 cm³/mol. The lowest BCUT2D eigenvalue weighted by Gasteiger charge is -2.17. The number of nitrogen functional groups attached to an aromatic ring is 1. The number of nitrogens with two attached hydrogens (primary N) is 2. The molecule has 21 heavy (non-hydrogen) atoms. The average Bonchev–Trinajstić information content (AvgIpc) is 2.87. The van der Waals surface area contributed by atoms with E-state index in [-0.39, 0.29) is 0 Å². The van der Waals surface area contributed by atoms with Crippen LogP contribution in [0.4, 0.5) is 5.82 Å². The van der Waals surface area contributed by atoms with Gasteiger partial charge in [-0.05, 0) is 64.0 Å². The van der Waals surface area contributed by atoms with Crippen LogP contribution < -0.4 is 11.5 Å². The largest absolute Gasteiger partial charge is 0.382 e. The zero-order chi connectivity index (χ0) is 14.8. The smallest absolute Gasteiger partial charge is 0.152 e. The van der Waals surface area contributed by atoms with E-state index >= 15 is 0 Å². The molecule has 114 valence electrons. The monoisotopic (exact) mass is 287 g/mol. The van der Waals surface area contributed by atoms with Crippen molar-refractivity contribution in [3.8, 4) is 0 Å². The van der Waals surface area contributed by atoms with Crippen LogP contribution in [0, 0.1) is 0 Å². The summed E-state index contributed by atoms with van der Waals surface area (Å²) >= 11 is 0. The second-order valence-electron chi connectivity index (χ2n) is 5.86. The Morgan fingerprint density at radius 3 is 2.76 bits per heavy atom. The van der Waals surface area contributed by atoms with Crippen molar-refractivity contribution >= 4 is 16.7 Å². The number of fused-ring (bicyclic) bond motifs is 3. The molecule has 0 saturated heterocycles. The van der Waals surface area contributed by atoms with Gasteiger partial charge in [-0.3, -0.25) is 4.68 Å². The number of aromatic nitrogens is 3. The quantitative estimate of drug-likeness (QED) is 0.826. The van der Waals surface area contributed by atoms with Crippen LogP contribution in [-0.2, 0) is 25.8 Å². The lowest BCUT2D eigenvalue weighted by molar-refractivity contribution is 0.609. The Labute approximate surface area is 125 Å². The standard InChI is InChI=1S/C16H25N5/c1-2-21-13(9-5-6-10-17)14-11-7-3-4-8-12(11)19-16(18)15(14)20-21/h2-10,17H2,1H3,(H2,18,19). The zero-order valence-corrected chi connectivity index (χ0v) is 12.9. The van der Waals surface area contributed by atoms with Crippen molar-refractivity contribution in [1.29, 1.82) is 0 Å². The second kappa shape index (κ2) is 6.02. The molecule has 0 spiro atoms. The summed E-state index contributed by atoms with van der Waals surface area (Å²) in [6, 6.07) is 0. The van der Waals surface area contributed by atoms with E-state index in [1.165, 1.54) is 35.2 Å². The fourth-order valence-electron chi connectivity index (χ4n) is 3.43. The van der Waals surface area contributed by atoms with Gasteiger partial charge in [0, 0.05) is 23.3 Å². The van der Waals surface area contributed by atoms with Crippen molar-refractivity contribution in [2.45, 2.75) is 58.4 Å². The number of nitrogens with zero attached hydrogens (tertiary/aromatic N) is 3. The van der Waals surface area contributed by atoms with Crippen molar-refractivity contribution in [3.05, 3.63) is 17.0 Å². The Bertz CT molecular complexity index is 644. The molecule has 1 aliphatic carbocycles. The molecule has 0 aromatic carbocycles. The lowest BCUT2D eigenvalue weighted by atomic mass is 9.92. The first kappa shape index (κ1) is 14.3. The topological polar surface area (TPSA) is 82.8 Å². The van der Waals surface area contributed by atoms with Crippen molar-refractivity contribution in [3.63, 3.8) is 0 Å². The van der Waals surface area contributed by atoms with Crippen LogP contribution >= 0.6 is 0 Å². The van der Waals surface area contributed by atoms with Gasteiger partial charge >= 0.3 is 0 Å². The molecule has 0 aliphatic heterocycles. The third kappa shape index (κ3) is 2.50.